The number of aromatic nitrogens is 1. The van der Waals surface area contributed by atoms with Gasteiger partial charge in [-0.2, -0.15) is 0 Å². The first-order valence-electron chi connectivity index (χ1n) is 9.00. The number of ether oxygens (including phenoxy) is 1. The highest BCUT2D eigenvalue weighted by Gasteiger charge is 2.27. The van der Waals surface area contributed by atoms with Crippen LogP contribution in [0.5, 0.6) is 0 Å². The van der Waals surface area contributed by atoms with E-state index in [1.807, 2.05) is 44.7 Å². The van der Waals surface area contributed by atoms with E-state index in [1.165, 1.54) is 0 Å². The molecule has 1 fully saturated rings. The van der Waals surface area contributed by atoms with Crippen molar-refractivity contribution >= 4 is 44.4 Å². The predicted octanol–water partition coefficient (Wildman–Crippen LogP) is 5.32. The summed E-state index contributed by atoms with van der Waals surface area (Å²) in [6, 6.07) is 3.89. The minimum atomic E-state index is -0.456. The van der Waals surface area contributed by atoms with E-state index in [1.54, 1.807) is 11.3 Å². The van der Waals surface area contributed by atoms with Crippen LogP contribution in [-0.2, 0) is 4.74 Å². The summed E-state index contributed by atoms with van der Waals surface area (Å²) in [5.41, 5.74) is 1.63. The number of nitrogens with one attached hydrogen (secondary N) is 1. The molecule has 0 radical (unpaired) electrons. The molecule has 142 valence electrons. The molecule has 0 saturated carbocycles. The zero-order valence-corrected chi connectivity index (χ0v) is 17.3. The minimum Gasteiger partial charge on any atom is -0.444 e. The molecule has 26 heavy (non-hydrogen) atoms. The van der Waals surface area contributed by atoms with Gasteiger partial charge >= 0.3 is 6.09 Å². The number of thiazole rings is 1. The van der Waals surface area contributed by atoms with Gasteiger partial charge in [-0.15, -0.1) is 0 Å². The van der Waals surface area contributed by atoms with Crippen LogP contribution in [0.15, 0.2) is 12.1 Å². The Balaban J connectivity index is 1.59. The summed E-state index contributed by atoms with van der Waals surface area (Å²) in [7, 11) is 0. The molecule has 0 bridgehead atoms. The van der Waals surface area contributed by atoms with Gasteiger partial charge in [0.2, 0.25) is 0 Å². The van der Waals surface area contributed by atoms with Gasteiger partial charge < -0.3 is 15.0 Å². The number of piperidine rings is 1. The van der Waals surface area contributed by atoms with Crippen molar-refractivity contribution in [2.45, 2.75) is 46.1 Å². The van der Waals surface area contributed by atoms with Gasteiger partial charge in [0.1, 0.15) is 5.60 Å². The number of likely N-dealkylation sites (tertiary alicyclic amines) is 1. The Labute approximate surface area is 163 Å². The van der Waals surface area contributed by atoms with Crippen molar-refractivity contribution in [2.24, 2.45) is 5.92 Å². The van der Waals surface area contributed by atoms with Crippen LogP contribution in [0.2, 0.25) is 5.02 Å². The second kappa shape index (κ2) is 7.61. The molecule has 0 spiro atoms. The summed E-state index contributed by atoms with van der Waals surface area (Å²) in [6.07, 6.45) is 1.88. The third kappa shape index (κ3) is 4.80. The number of rotatable bonds is 3. The largest absolute Gasteiger partial charge is 0.444 e. The fraction of sp³-hybridized carbons (Fsp3) is 0.579. The van der Waals surface area contributed by atoms with E-state index < -0.39 is 5.60 Å². The Bertz CT molecular complexity index is 800. The second-order valence-corrected chi connectivity index (χ2v) is 9.37. The van der Waals surface area contributed by atoms with Crippen LogP contribution in [0.1, 0.15) is 39.2 Å². The molecule has 7 heteroatoms. The molecule has 2 aromatic rings. The number of hydrogen-bond acceptors (Lipinski definition) is 5. The van der Waals surface area contributed by atoms with E-state index >= 15 is 0 Å². The summed E-state index contributed by atoms with van der Waals surface area (Å²) in [6.45, 7) is 10.0. The number of carbonyl (C=O) groups excluding carboxylic acids is 1. The Hall–Kier alpha value is -1.53. The van der Waals surface area contributed by atoms with Crippen molar-refractivity contribution in [2.75, 3.05) is 25.0 Å². The first kappa shape index (κ1) is 19.2. The highest BCUT2D eigenvalue weighted by molar-refractivity contribution is 7.22. The number of fused-ring (bicyclic) bond motifs is 1. The number of amides is 1. The zero-order valence-electron chi connectivity index (χ0n) is 15.8. The molecule has 1 N–H and O–H groups in total. The van der Waals surface area contributed by atoms with Gasteiger partial charge in [-0.25, -0.2) is 9.78 Å². The van der Waals surface area contributed by atoms with E-state index in [-0.39, 0.29) is 6.09 Å². The van der Waals surface area contributed by atoms with Crippen LogP contribution >= 0.6 is 22.9 Å². The summed E-state index contributed by atoms with van der Waals surface area (Å²) in [4.78, 5) is 18.8. The maximum absolute atomic E-state index is 12.3. The lowest BCUT2D eigenvalue weighted by Gasteiger charge is -2.34. The summed E-state index contributed by atoms with van der Waals surface area (Å²) >= 11 is 7.75. The lowest BCUT2D eigenvalue weighted by atomic mass is 9.98. The fourth-order valence-electron chi connectivity index (χ4n) is 3.19. The number of benzene rings is 1. The average molecular weight is 396 g/mol. The van der Waals surface area contributed by atoms with E-state index in [2.05, 4.69) is 10.3 Å². The van der Waals surface area contributed by atoms with Gasteiger partial charge in [-0.3, -0.25) is 0 Å². The lowest BCUT2D eigenvalue weighted by molar-refractivity contribution is 0.0172. The maximum Gasteiger partial charge on any atom is 0.410 e. The van der Waals surface area contributed by atoms with E-state index in [9.17, 15) is 4.79 Å². The number of anilines is 1. The first-order valence-corrected chi connectivity index (χ1v) is 10.2. The number of aryl methyl sites for hydroxylation is 1. The number of hydrogen-bond donors (Lipinski definition) is 1. The molecule has 1 atom stereocenters. The Kier molecular flexibility index (Phi) is 5.63. The molecular weight excluding hydrogens is 370 g/mol. The number of halogens is 1. The second-order valence-electron chi connectivity index (χ2n) is 7.90. The van der Waals surface area contributed by atoms with Gasteiger partial charge in [-0.05, 0) is 64.2 Å². The molecule has 2 heterocycles. The SMILES string of the molecule is Cc1cc(Cl)cc2sc(NCC3CCCN(C(=O)OC(C)(C)C)C3)nc12. The summed E-state index contributed by atoms with van der Waals surface area (Å²) in [5.74, 6) is 0.396. The van der Waals surface area contributed by atoms with Gasteiger partial charge in [0.15, 0.2) is 5.13 Å². The maximum atomic E-state index is 12.3. The molecule has 1 saturated heterocycles. The molecule has 1 aliphatic heterocycles. The summed E-state index contributed by atoms with van der Waals surface area (Å²) in [5, 5.41) is 5.09. The van der Waals surface area contributed by atoms with Crippen LogP contribution in [0.4, 0.5) is 9.93 Å². The average Bonchev–Trinajstić information content (AvgIpc) is 2.95. The van der Waals surface area contributed by atoms with Crippen LogP contribution in [0.3, 0.4) is 0 Å². The normalized spacial score (nSPS) is 18.2. The zero-order chi connectivity index (χ0) is 18.9. The molecular formula is C19H26ClN3O2S. The third-order valence-corrected chi connectivity index (χ3v) is 5.54. The molecule has 5 nitrogen and oxygen atoms in total. The molecule has 3 rings (SSSR count). The Morgan fingerprint density at radius 3 is 2.96 bits per heavy atom. The quantitative estimate of drug-likeness (QED) is 0.764. The highest BCUT2D eigenvalue weighted by Crippen LogP contribution is 2.31. The fourth-order valence-corrected chi connectivity index (χ4v) is 4.51. The molecule has 1 aromatic heterocycles. The highest BCUT2D eigenvalue weighted by atomic mass is 35.5. The minimum absolute atomic E-state index is 0.215. The number of nitrogens with zero attached hydrogens (tertiary/aromatic N) is 2. The van der Waals surface area contributed by atoms with Crippen LogP contribution < -0.4 is 5.32 Å². The Morgan fingerprint density at radius 2 is 2.23 bits per heavy atom. The van der Waals surface area contributed by atoms with Crippen LogP contribution in [-0.4, -0.2) is 41.2 Å². The molecule has 0 aliphatic carbocycles. The van der Waals surface area contributed by atoms with Gasteiger partial charge in [0.25, 0.3) is 0 Å². The molecule has 1 aliphatic rings. The Morgan fingerprint density at radius 1 is 1.46 bits per heavy atom. The van der Waals surface area contributed by atoms with Crippen LogP contribution in [0.25, 0.3) is 10.2 Å². The van der Waals surface area contributed by atoms with Crippen molar-refractivity contribution in [3.05, 3.63) is 22.7 Å². The predicted molar refractivity (Wildman–Crippen MR) is 108 cm³/mol. The monoisotopic (exact) mass is 395 g/mol. The smallest absolute Gasteiger partial charge is 0.410 e. The lowest BCUT2D eigenvalue weighted by Crippen LogP contribution is -2.44. The first-order chi connectivity index (χ1) is 12.2. The van der Waals surface area contributed by atoms with Gasteiger partial charge in [-0.1, -0.05) is 22.9 Å². The van der Waals surface area contributed by atoms with E-state index in [0.29, 0.717) is 5.92 Å². The molecule has 1 amide bonds. The molecule has 1 unspecified atom stereocenters. The number of carbonyl (C=O) groups is 1. The van der Waals surface area contributed by atoms with Crippen molar-refractivity contribution in [3.63, 3.8) is 0 Å². The van der Waals surface area contributed by atoms with E-state index in [0.717, 1.165) is 58.4 Å². The molecule has 1 aromatic carbocycles. The third-order valence-electron chi connectivity index (χ3n) is 4.36. The van der Waals surface area contributed by atoms with Crippen molar-refractivity contribution in [1.29, 1.82) is 0 Å². The standard InChI is InChI=1S/C19H26ClN3O2S/c1-12-8-14(20)9-15-16(12)22-17(26-15)21-10-13-6-5-7-23(11-13)18(24)25-19(2,3)4/h8-9,13H,5-7,10-11H2,1-4H3,(H,21,22). The van der Waals surface area contributed by atoms with Crippen LogP contribution in [0, 0.1) is 12.8 Å². The topological polar surface area (TPSA) is 54.5 Å². The van der Waals surface area contributed by atoms with Crippen molar-refractivity contribution in [1.82, 2.24) is 9.88 Å². The van der Waals surface area contributed by atoms with Gasteiger partial charge in [0, 0.05) is 24.7 Å². The van der Waals surface area contributed by atoms with Crippen molar-refractivity contribution in [3.8, 4) is 0 Å². The summed E-state index contributed by atoms with van der Waals surface area (Å²) < 4.78 is 6.59. The van der Waals surface area contributed by atoms with Gasteiger partial charge in [0.05, 0.1) is 10.2 Å². The van der Waals surface area contributed by atoms with Crippen molar-refractivity contribution < 1.29 is 9.53 Å². The van der Waals surface area contributed by atoms with E-state index in [4.69, 9.17) is 16.3 Å².